The molecule has 0 radical (unpaired) electrons. The number of aromatic nitrogens is 2. The molecule has 4 N–H and O–H groups in total. The maximum atomic E-state index is 11.7. The third kappa shape index (κ3) is 5.34. The van der Waals surface area contributed by atoms with E-state index in [9.17, 15) is 9.59 Å². The minimum absolute atomic E-state index is 0.245. The molecule has 0 bridgehead atoms. The first kappa shape index (κ1) is 20.4. The monoisotopic (exact) mass is 397 g/mol. The molecule has 1 aromatic carbocycles. The van der Waals surface area contributed by atoms with E-state index in [2.05, 4.69) is 20.6 Å². The van der Waals surface area contributed by atoms with E-state index in [1.54, 1.807) is 30.5 Å². The zero-order chi connectivity index (χ0) is 20.8. The second kappa shape index (κ2) is 9.22. The van der Waals surface area contributed by atoms with E-state index in [1.807, 2.05) is 23.9 Å². The maximum absolute atomic E-state index is 11.7. The molecule has 0 unspecified atom stereocenters. The van der Waals surface area contributed by atoms with E-state index in [1.165, 1.54) is 0 Å². The number of anilines is 4. The van der Waals surface area contributed by atoms with Crippen molar-refractivity contribution in [2.24, 2.45) is 5.73 Å². The third-order valence-electron chi connectivity index (χ3n) is 4.75. The first-order valence-corrected chi connectivity index (χ1v) is 9.67. The van der Waals surface area contributed by atoms with Crippen molar-refractivity contribution in [3.05, 3.63) is 36.0 Å². The highest BCUT2D eigenvalue weighted by atomic mass is 16.2. The molecule has 3 rings (SSSR count). The van der Waals surface area contributed by atoms with E-state index in [0.717, 1.165) is 37.3 Å². The van der Waals surface area contributed by atoms with Crippen molar-refractivity contribution < 1.29 is 9.59 Å². The van der Waals surface area contributed by atoms with E-state index in [4.69, 9.17) is 5.73 Å². The molecule has 0 spiro atoms. The van der Waals surface area contributed by atoms with Crippen LogP contribution in [0.15, 0.2) is 30.5 Å². The Labute approximate surface area is 170 Å². The summed E-state index contributed by atoms with van der Waals surface area (Å²) in [4.78, 5) is 35.7. The van der Waals surface area contributed by atoms with Crippen molar-refractivity contribution in [3.63, 3.8) is 0 Å². The number of amides is 2. The van der Waals surface area contributed by atoms with Crippen molar-refractivity contribution in [3.8, 4) is 0 Å². The van der Waals surface area contributed by atoms with Gasteiger partial charge in [-0.1, -0.05) is 0 Å². The van der Waals surface area contributed by atoms with Gasteiger partial charge in [0.15, 0.2) is 5.82 Å². The predicted molar refractivity (Wildman–Crippen MR) is 114 cm³/mol. The van der Waals surface area contributed by atoms with E-state index < -0.39 is 5.91 Å². The lowest BCUT2D eigenvalue weighted by molar-refractivity contribution is -0.127. The summed E-state index contributed by atoms with van der Waals surface area (Å²) < 4.78 is 0. The van der Waals surface area contributed by atoms with Crippen LogP contribution in [0.25, 0.3) is 0 Å². The number of rotatable bonds is 9. The van der Waals surface area contributed by atoms with Gasteiger partial charge in [0.25, 0.3) is 0 Å². The first-order valence-electron chi connectivity index (χ1n) is 9.67. The smallest absolute Gasteiger partial charge is 0.248 e. The lowest BCUT2D eigenvalue weighted by Crippen LogP contribution is -2.27. The molecule has 2 amide bonds. The third-order valence-corrected chi connectivity index (χ3v) is 4.75. The average Bonchev–Trinajstić information content (AvgIpc) is 3.10. The molecule has 2 aromatic rings. The fraction of sp³-hybridized carbons (Fsp3) is 0.400. The van der Waals surface area contributed by atoms with Crippen molar-refractivity contribution >= 4 is 35.0 Å². The van der Waals surface area contributed by atoms with Crippen LogP contribution >= 0.6 is 0 Å². The summed E-state index contributed by atoms with van der Waals surface area (Å²) >= 11 is 0. The van der Waals surface area contributed by atoms with Crippen molar-refractivity contribution in [1.29, 1.82) is 0 Å². The van der Waals surface area contributed by atoms with Gasteiger partial charge in [-0.25, -0.2) is 4.98 Å². The molecular formula is C20H27N7O2. The Hall–Kier alpha value is -3.36. The van der Waals surface area contributed by atoms with Gasteiger partial charge in [-0.3, -0.25) is 9.59 Å². The normalized spacial score (nSPS) is 13.4. The summed E-state index contributed by atoms with van der Waals surface area (Å²) in [6.07, 6.45) is 4.22. The zero-order valence-electron chi connectivity index (χ0n) is 16.8. The molecular weight excluding hydrogens is 370 g/mol. The summed E-state index contributed by atoms with van der Waals surface area (Å²) in [7, 11) is 3.87. The summed E-state index contributed by atoms with van der Waals surface area (Å²) in [5.41, 5.74) is 7.34. The van der Waals surface area contributed by atoms with Gasteiger partial charge in [-0.15, -0.1) is 0 Å². The number of carbonyl (C=O) groups is 2. The van der Waals surface area contributed by atoms with Crippen LogP contribution in [0.4, 0.5) is 23.1 Å². The van der Waals surface area contributed by atoms with Crippen molar-refractivity contribution in [2.45, 2.75) is 19.3 Å². The van der Waals surface area contributed by atoms with Crippen LogP contribution in [-0.4, -0.2) is 60.4 Å². The van der Waals surface area contributed by atoms with Crippen molar-refractivity contribution in [1.82, 2.24) is 14.9 Å². The van der Waals surface area contributed by atoms with Gasteiger partial charge in [-0.2, -0.15) is 4.98 Å². The molecule has 9 nitrogen and oxygen atoms in total. The van der Waals surface area contributed by atoms with E-state index in [-0.39, 0.29) is 5.91 Å². The minimum Gasteiger partial charge on any atom is -0.373 e. The Balaban J connectivity index is 1.63. The largest absolute Gasteiger partial charge is 0.373 e. The number of likely N-dealkylation sites (tertiary alicyclic amines) is 1. The SMILES string of the molecule is CN(C)c1cnc(Nc2ccc(C(N)=O)cc2)nc1NCCCN1CCCC1=O. The van der Waals surface area contributed by atoms with Crippen LogP contribution in [0, 0.1) is 0 Å². The number of nitrogens with one attached hydrogen (secondary N) is 2. The lowest BCUT2D eigenvalue weighted by atomic mass is 10.2. The summed E-state index contributed by atoms with van der Waals surface area (Å²) in [5.74, 6) is 0.939. The molecule has 29 heavy (non-hydrogen) atoms. The number of hydrogen-bond donors (Lipinski definition) is 3. The highest BCUT2D eigenvalue weighted by molar-refractivity contribution is 5.93. The molecule has 1 fully saturated rings. The molecule has 2 heterocycles. The summed E-state index contributed by atoms with van der Waals surface area (Å²) in [6, 6.07) is 6.81. The molecule has 1 saturated heterocycles. The summed E-state index contributed by atoms with van der Waals surface area (Å²) in [6.45, 7) is 2.32. The van der Waals surface area contributed by atoms with Crippen LogP contribution in [0.2, 0.25) is 0 Å². The highest BCUT2D eigenvalue weighted by Crippen LogP contribution is 2.24. The Kier molecular flexibility index (Phi) is 6.48. The van der Waals surface area contributed by atoms with Crippen LogP contribution < -0.4 is 21.3 Å². The van der Waals surface area contributed by atoms with Crippen LogP contribution in [0.1, 0.15) is 29.6 Å². The fourth-order valence-corrected chi connectivity index (χ4v) is 3.16. The predicted octanol–water partition coefficient (Wildman–Crippen LogP) is 1.81. The Morgan fingerprint density at radius 3 is 2.66 bits per heavy atom. The minimum atomic E-state index is -0.467. The van der Waals surface area contributed by atoms with Gasteiger partial charge >= 0.3 is 0 Å². The average molecular weight is 397 g/mol. The fourth-order valence-electron chi connectivity index (χ4n) is 3.16. The molecule has 1 aromatic heterocycles. The van der Waals surface area contributed by atoms with Gasteiger partial charge in [0.05, 0.1) is 11.9 Å². The van der Waals surface area contributed by atoms with Crippen LogP contribution in [-0.2, 0) is 4.79 Å². The van der Waals surface area contributed by atoms with Gasteiger partial charge in [0.1, 0.15) is 0 Å². The van der Waals surface area contributed by atoms with E-state index in [0.29, 0.717) is 30.3 Å². The number of nitrogens with two attached hydrogens (primary N) is 1. The maximum Gasteiger partial charge on any atom is 0.248 e. The first-order chi connectivity index (χ1) is 13.9. The summed E-state index contributed by atoms with van der Waals surface area (Å²) in [5, 5.41) is 6.48. The lowest BCUT2D eigenvalue weighted by Gasteiger charge is -2.19. The molecule has 9 heteroatoms. The van der Waals surface area contributed by atoms with Crippen LogP contribution in [0.5, 0.6) is 0 Å². The molecule has 1 aliphatic rings. The van der Waals surface area contributed by atoms with Gasteiger partial charge in [-0.05, 0) is 37.1 Å². The molecule has 1 aliphatic heterocycles. The standard InChI is InChI=1S/C20H27N7O2/c1-26(2)16-13-23-20(24-15-8-6-14(7-9-15)18(21)29)25-19(16)22-10-4-12-27-11-3-5-17(27)28/h6-9,13H,3-5,10-12H2,1-2H3,(H2,21,29)(H2,22,23,24,25). The second-order valence-electron chi connectivity index (χ2n) is 7.15. The molecule has 0 saturated carbocycles. The zero-order valence-corrected chi connectivity index (χ0v) is 16.8. The number of primary amides is 1. The van der Waals surface area contributed by atoms with Gasteiger partial charge in [0, 0.05) is 51.4 Å². The van der Waals surface area contributed by atoms with Crippen molar-refractivity contribution in [2.75, 3.05) is 49.3 Å². The Bertz CT molecular complexity index is 868. The number of hydrogen-bond acceptors (Lipinski definition) is 7. The Morgan fingerprint density at radius 1 is 1.28 bits per heavy atom. The molecule has 0 aliphatic carbocycles. The van der Waals surface area contributed by atoms with Gasteiger partial charge in [0.2, 0.25) is 17.8 Å². The van der Waals surface area contributed by atoms with Gasteiger partial charge < -0.3 is 26.2 Å². The Morgan fingerprint density at radius 2 is 2.03 bits per heavy atom. The second-order valence-corrected chi connectivity index (χ2v) is 7.15. The number of benzene rings is 1. The quantitative estimate of drug-likeness (QED) is 0.553. The number of nitrogens with zero attached hydrogens (tertiary/aromatic N) is 4. The molecule has 154 valence electrons. The number of carbonyl (C=O) groups excluding carboxylic acids is 2. The highest BCUT2D eigenvalue weighted by Gasteiger charge is 2.19. The van der Waals surface area contributed by atoms with Crippen LogP contribution in [0.3, 0.4) is 0 Å². The topological polar surface area (TPSA) is 116 Å². The molecule has 0 atom stereocenters. The van der Waals surface area contributed by atoms with E-state index >= 15 is 0 Å².